The molecule has 0 saturated heterocycles. The molecule has 0 fully saturated rings. The lowest BCUT2D eigenvalue weighted by Crippen LogP contribution is -2.33. The van der Waals surface area contributed by atoms with Crippen LogP contribution in [0.2, 0.25) is 0 Å². The van der Waals surface area contributed by atoms with Crippen LogP contribution in [0.3, 0.4) is 0 Å². The first-order valence-corrected chi connectivity index (χ1v) is 7.31. The number of amides is 2. The number of hydrogen-bond acceptors (Lipinski definition) is 5. The number of methoxy groups -OCH3 is 1. The Hall–Kier alpha value is -3.53. The van der Waals surface area contributed by atoms with Gasteiger partial charge in [0.15, 0.2) is 0 Å². The highest BCUT2D eigenvalue weighted by Gasteiger charge is 2.18. The van der Waals surface area contributed by atoms with Gasteiger partial charge in [-0.1, -0.05) is 12.0 Å². The maximum absolute atomic E-state index is 12.1. The van der Waals surface area contributed by atoms with E-state index < -0.39 is 17.8 Å². The second kappa shape index (κ2) is 8.36. The topological polar surface area (TPSA) is 97.6 Å². The zero-order valence-electron chi connectivity index (χ0n) is 13.5. The zero-order valence-corrected chi connectivity index (χ0v) is 13.5. The molecule has 1 aromatic carbocycles. The van der Waals surface area contributed by atoms with Crippen molar-refractivity contribution >= 4 is 23.5 Å². The Labute approximate surface area is 144 Å². The van der Waals surface area contributed by atoms with Crippen LogP contribution in [0.1, 0.15) is 21.7 Å². The summed E-state index contributed by atoms with van der Waals surface area (Å²) in [4.78, 5) is 35.3. The molecule has 2 N–H and O–H groups in total. The van der Waals surface area contributed by atoms with Crippen LogP contribution in [0, 0.1) is 12.3 Å². The largest absolute Gasteiger partial charge is 0.469 e. The Kier molecular flexibility index (Phi) is 5.96. The van der Waals surface area contributed by atoms with Crippen molar-refractivity contribution in [3.8, 4) is 12.3 Å². The van der Waals surface area contributed by atoms with Gasteiger partial charge in [-0.3, -0.25) is 14.4 Å². The molecule has 25 heavy (non-hydrogen) atoms. The summed E-state index contributed by atoms with van der Waals surface area (Å²) in [6, 6.07) is 8.20. The van der Waals surface area contributed by atoms with Gasteiger partial charge in [0.25, 0.3) is 5.91 Å². The smallest absolute Gasteiger partial charge is 0.313 e. The number of benzene rings is 1. The monoisotopic (exact) mass is 340 g/mol. The molecule has 2 aromatic rings. The lowest BCUT2D eigenvalue weighted by Gasteiger charge is -2.07. The van der Waals surface area contributed by atoms with E-state index in [0.717, 1.165) is 0 Å². The highest BCUT2D eigenvalue weighted by atomic mass is 16.5. The summed E-state index contributed by atoms with van der Waals surface area (Å²) in [6.45, 7) is -0.248. The first-order valence-electron chi connectivity index (χ1n) is 7.31. The fraction of sp³-hybridized carbons (Fsp3) is 0.167. The number of esters is 1. The average Bonchev–Trinajstić information content (AvgIpc) is 3.07. The number of carbonyl (C=O) groups excluding carboxylic acids is 3. The Morgan fingerprint density at radius 1 is 1.28 bits per heavy atom. The average molecular weight is 340 g/mol. The molecule has 2 amide bonds. The van der Waals surface area contributed by atoms with E-state index in [9.17, 15) is 14.4 Å². The highest BCUT2D eigenvalue weighted by Crippen LogP contribution is 2.12. The first-order chi connectivity index (χ1) is 12.0. The lowest BCUT2D eigenvalue weighted by atomic mass is 10.2. The summed E-state index contributed by atoms with van der Waals surface area (Å²) in [5.74, 6) is 1.16. The SMILES string of the molecule is C#Cc1cccc(NC(=O)CNC(=O)c2ccoc2CC(=O)OC)c1. The Morgan fingerprint density at radius 2 is 2.08 bits per heavy atom. The second-order valence-corrected chi connectivity index (χ2v) is 4.97. The maximum Gasteiger partial charge on any atom is 0.313 e. The van der Waals surface area contributed by atoms with Crippen LogP contribution in [0.5, 0.6) is 0 Å². The fourth-order valence-corrected chi connectivity index (χ4v) is 2.03. The molecular weight excluding hydrogens is 324 g/mol. The second-order valence-electron chi connectivity index (χ2n) is 4.97. The Bertz CT molecular complexity index is 832. The minimum Gasteiger partial charge on any atom is -0.469 e. The van der Waals surface area contributed by atoms with Crippen molar-refractivity contribution in [2.45, 2.75) is 6.42 Å². The molecule has 0 unspecified atom stereocenters. The van der Waals surface area contributed by atoms with Gasteiger partial charge in [0.2, 0.25) is 5.91 Å². The van der Waals surface area contributed by atoms with Gasteiger partial charge >= 0.3 is 5.97 Å². The third-order valence-electron chi connectivity index (χ3n) is 3.25. The molecule has 128 valence electrons. The van der Waals surface area contributed by atoms with Gasteiger partial charge in [0.05, 0.1) is 25.5 Å². The van der Waals surface area contributed by atoms with Crippen LogP contribution in [0.25, 0.3) is 0 Å². The fourth-order valence-electron chi connectivity index (χ4n) is 2.03. The number of furan rings is 1. The standard InChI is InChI=1S/C18H16N2O5/c1-3-12-5-4-6-13(9-12)20-16(21)11-19-18(23)14-7-8-25-15(14)10-17(22)24-2/h1,4-9H,10-11H2,2H3,(H,19,23)(H,20,21). The highest BCUT2D eigenvalue weighted by molar-refractivity contribution is 6.00. The lowest BCUT2D eigenvalue weighted by molar-refractivity contribution is -0.140. The molecule has 0 radical (unpaired) electrons. The van der Waals surface area contributed by atoms with Crippen LogP contribution in [0.4, 0.5) is 5.69 Å². The van der Waals surface area contributed by atoms with Crippen LogP contribution in [0.15, 0.2) is 41.0 Å². The summed E-state index contributed by atoms with van der Waals surface area (Å²) in [7, 11) is 1.24. The van der Waals surface area contributed by atoms with Gasteiger partial charge in [0, 0.05) is 11.3 Å². The molecule has 1 aromatic heterocycles. The third-order valence-corrected chi connectivity index (χ3v) is 3.25. The quantitative estimate of drug-likeness (QED) is 0.611. The van der Waals surface area contributed by atoms with Crippen molar-refractivity contribution in [3.05, 3.63) is 53.5 Å². The van der Waals surface area contributed by atoms with Crippen molar-refractivity contribution < 1.29 is 23.5 Å². The number of carbonyl (C=O) groups is 3. The number of nitrogens with one attached hydrogen (secondary N) is 2. The van der Waals surface area contributed by atoms with Crippen molar-refractivity contribution in [1.82, 2.24) is 5.32 Å². The number of hydrogen-bond donors (Lipinski definition) is 2. The molecular formula is C18H16N2O5. The number of anilines is 1. The summed E-state index contributed by atoms with van der Waals surface area (Å²) >= 11 is 0. The molecule has 0 aliphatic rings. The zero-order chi connectivity index (χ0) is 18.2. The van der Waals surface area contributed by atoms with E-state index in [4.69, 9.17) is 10.8 Å². The van der Waals surface area contributed by atoms with E-state index in [1.807, 2.05) is 0 Å². The van der Waals surface area contributed by atoms with Gasteiger partial charge in [0.1, 0.15) is 12.2 Å². The van der Waals surface area contributed by atoms with E-state index in [2.05, 4.69) is 21.3 Å². The minimum absolute atomic E-state index is 0.169. The number of terminal acetylenes is 1. The summed E-state index contributed by atoms with van der Waals surface area (Å²) in [6.07, 6.45) is 6.42. The van der Waals surface area contributed by atoms with E-state index in [0.29, 0.717) is 11.3 Å². The summed E-state index contributed by atoms with van der Waals surface area (Å²) in [5.41, 5.74) is 1.34. The Balaban J connectivity index is 1.91. The molecule has 0 bridgehead atoms. The molecule has 1 heterocycles. The molecule has 0 aliphatic heterocycles. The van der Waals surface area contributed by atoms with Gasteiger partial charge < -0.3 is 19.8 Å². The van der Waals surface area contributed by atoms with Crippen LogP contribution >= 0.6 is 0 Å². The predicted octanol–water partition coefficient (Wildman–Crippen LogP) is 1.34. The van der Waals surface area contributed by atoms with E-state index in [1.165, 1.54) is 19.4 Å². The number of ether oxygens (including phenoxy) is 1. The van der Waals surface area contributed by atoms with Crippen LogP contribution in [-0.2, 0) is 20.7 Å². The normalized spacial score (nSPS) is 9.76. The summed E-state index contributed by atoms with van der Waals surface area (Å²) in [5, 5.41) is 5.09. The van der Waals surface area contributed by atoms with Crippen molar-refractivity contribution in [2.24, 2.45) is 0 Å². The van der Waals surface area contributed by atoms with Crippen molar-refractivity contribution in [1.29, 1.82) is 0 Å². The van der Waals surface area contributed by atoms with Crippen LogP contribution in [-0.4, -0.2) is 31.4 Å². The molecule has 7 nitrogen and oxygen atoms in total. The van der Waals surface area contributed by atoms with Crippen LogP contribution < -0.4 is 10.6 Å². The third kappa shape index (κ3) is 4.97. The minimum atomic E-state index is -0.532. The molecule has 0 aliphatic carbocycles. The summed E-state index contributed by atoms with van der Waals surface area (Å²) < 4.78 is 9.64. The molecule has 2 rings (SSSR count). The first kappa shape index (κ1) is 17.8. The van der Waals surface area contributed by atoms with Gasteiger partial charge in [-0.15, -0.1) is 6.42 Å². The molecule has 0 atom stereocenters. The van der Waals surface area contributed by atoms with Gasteiger partial charge in [-0.2, -0.15) is 0 Å². The maximum atomic E-state index is 12.1. The van der Waals surface area contributed by atoms with Crippen molar-refractivity contribution in [3.63, 3.8) is 0 Å². The Morgan fingerprint density at radius 3 is 2.80 bits per heavy atom. The van der Waals surface area contributed by atoms with E-state index in [-0.39, 0.29) is 24.3 Å². The van der Waals surface area contributed by atoms with E-state index in [1.54, 1.807) is 24.3 Å². The molecule has 7 heteroatoms. The van der Waals surface area contributed by atoms with Crippen molar-refractivity contribution in [2.75, 3.05) is 19.0 Å². The molecule has 0 saturated carbocycles. The van der Waals surface area contributed by atoms with Gasteiger partial charge in [-0.05, 0) is 24.3 Å². The predicted molar refractivity (Wildman–Crippen MR) is 89.8 cm³/mol. The molecule has 0 spiro atoms. The van der Waals surface area contributed by atoms with E-state index >= 15 is 0 Å². The number of rotatable bonds is 6. The van der Waals surface area contributed by atoms with Gasteiger partial charge in [-0.25, -0.2) is 0 Å².